The van der Waals surface area contributed by atoms with Crippen LogP contribution in [0, 0.1) is 28.8 Å². The Labute approximate surface area is 93.7 Å². The first-order valence-corrected chi connectivity index (χ1v) is 4.43. The molecule has 0 unspecified atom stereocenters. The standard InChI is InChI=1S/C10H5F3N4/c11-7-1-6(2-8(12)9(7)13)17-4-5(3-14)10(15)16-17/h1-2,4H,(H2,15,16). The van der Waals surface area contributed by atoms with Gasteiger partial charge in [-0.15, -0.1) is 5.10 Å². The molecular weight excluding hydrogens is 233 g/mol. The minimum Gasteiger partial charge on any atom is -0.381 e. The van der Waals surface area contributed by atoms with E-state index in [9.17, 15) is 13.2 Å². The Morgan fingerprint density at radius 2 is 1.82 bits per heavy atom. The fourth-order valence-corrected chi connectivity index (χ4v) is 1.28. The largest absolute Gasteiger partial charge is 0.381 e. The molecule has 2 rings (SSSR count). The second kappa shape index (κ2) is 3.83. The van der Waals surface area contributed by atoms with E-state index < -0.39 is 17.5 Å². The summed E-state index contributed by atoms with van der Waals surface area (Å²) in [4.78, 5) is 0. The molecule has 0 bridgehead atoms. The van der Waals surface area contributed by atoms with Crippen LogP contribution < -0.4 is 5.73 Å². The van der Waals surface area contributed by atoms with Crippen molar-refractivity contribution in [1.82, 2.24) is 9.78 Å². The van der Waals surface area contributed by atoms with Gasteiger partial charge in [0.1, 0.15) is 11.6 Å². The van der Waals surface area contributed by atoms with Crippen LogP contribution in [0.15, 0.2) is 18.3 Å². The van der Waals surface area contributed by atoms with Crippen LogP contribution >= 0.6 is 0 Å². The Morgan fingerprint density at radius 1 is 1.24 bits per heavy atom. The molecular formula is C10H5F3N4. The van der Waals surface area contributed by atoms with Crippen molar-refractivity contribution in [2.45, 2.75) is 0 Å². The Kier molecular flexibility index (Phi) is 2.48. The van der Waals surface area contributed by atoms with Gasteiger partial charge in [-0.3, -0.25) is 0 Å². The van der Waals surface area contributed by atoms with E-state index in [1.807, 2.05) is 0 Å². The molecule has 0 saturated carbocycles. The smallest absolute Gasteiger partial charge is 0.194 e. The Balaban J connectivity index is 2.57. The van der Waals surface area contributed by atoms with Crippen molar-refractivity contribution in [3.63, 3.8) is 0 Å². The molecule has 1 heterocycles. The SMILES string of the molecule is N#Cc1cn(-c2cc(F)c(F)c(F)c2)nc1N. The van der Waals surface area contributed by atoms with Crippen molar-refractivity contribution >= 4 is 5.82 Å². The van der Waals surface area contributed by atoms with Gasteiger partial charge in [-0.2, -0.15) is 5.26 Å². The van der Waals surface area contributed by atoms with E-state index in [-0.39, 0.29) is 17.1 Å². The Hall–Kier alpha value is -2.49. The average Bonchev–Trinajstić information content (AvgIpc) is 2.66. The van der Waals surface area contributed by atoms with Gasteiger partial charge in [0.15, 0.2) is 23.3 Å². The molecule has 1 aromatic heterocycles. The first-order chi connectivity index (χ1) is 8.02. The van der Waals surface area contributed by atoms with E-state index in [4.69, 9.17) is 11.0 Å². The number of nitrogens with zero attached hydrogens (tertiary/aromatic N) is 3. The molecule has 0 atom stereocenters. The number of nitrogen functional groups attached to an aromatic ring is 1. The summed E-state index contributed by atoms with van der Waals surface area (Å²) in [6.07, 6.45) is 1.20. The molecule has 0 aliphatic carbocycles. The molecule has 0 aliphatic rings. The number of nitriles is 1. The highest BCUT2D eigenvalue weighted by atomic mass is 19.2. The molecule has 2 aromatic rings. The number of anilines is 1. The highest BCUT2D eigenvalue weighted by molar-refractivity contribution is 5.49. The molecule has 7 heteroatoms. The van der Waals surface area contributed by atoms with E-state index in [0.29, 0.717) is 0 Å². The number of nitrogens with two attached hydrogens (primary N) is 1. The molecule has 0 fully saturated rings. The van der Waals surface area contributed by atoms with Gasteiger partial charge < -0.3 is 5.73 Å². The number of benzene rings is 1. The van der Waals surface area contributed by atoms with Gasteiger partial charge in [0.05, 0.1) is 11.9 Å². The summed E-state index contributed by atoms with van der Waals surface area (Å²) in [7, 11) is 0. The predicted octanol–water partition coefficient (Wildman–Crippen LogP) is 1.74. The van der Waals surface area contributed by atoms with Crippen molar-refractivity contribution in [2.75, 3.05) is 5.73 Å². The normalized spacial score (nSPS) is 10.2. The Morgan fingerprint density at radius 3 is 2.29 bits per heavy atom. The fraction of sp³-hybridized carbons (Fsp3) is 0. The minimum absolute atomic E-state index is 0.0606. The number of halogens is 3. The first kappa shape index (κ1) is 11.0. The third kappa shape index (κ3) is 1.80. The number of aromatic nitrogens is 2. The summed E-state index contributed by atoms with van der Waals surface area (Å²) < 4.78 is 39.6. The van der Waals surface area contributed by atoms with Crippen molar-refractivity contribution in [1.29, 1.82) is 5.26 Å². The highest BCUT2D eigenvalue weighted by Crippen LogP contribution is 2.18. The summed E-state index contributed by atoms with van der Waals surface area (Å²) in [5.74, 6) is -4.31. The van der Waals surface area contributed by atoms with Gasteiger partial charge in [-0.1, -0.05) is 0 Å². The lowest BCUT2D eigenvalue weighted by atomic mass is 10.3. The summed E-state index contributed by atoms with van der Waals surface area (Å²) in [5.41, 5.74) is 5.38. The van der Waals surface area contributed by atoms with E-state index in [0.717, 1.165) is 16.8 Å². The topological polar surface area (TPSA) is 67.6 Å². The second-order valence-corrected chi connectivity index (χ2v) is 3.21. The van der Waals surface area contributed by atoms with Crippen molar-refractivity contribution < 1.29 is 13.2 Å². The van der Waals surface area contributed by atoms with Crippen LogP contribution in [0.2, 0.25) is 0 Å². The zero-order valence-electron chi connectivity index (χ0n) is 8.28. The molecule has 0 saturated heterocycles. The van der Waals surface area contributed by atoms with Gasteiger partial charge in [-0.05, 0) is 0 Å². The van der Waals surface area contributed by atoms with Crippen molar-refractivity contribution in [3.8, 4) is 11.8 Å². The predicted molar refractivity (Wildman–Crippen MR) is 52.6 cm³/mol. The van der Waals surface area contributed by atoms with Gasteiger partial charge >= 0.3 is 0 Å². The van der Waals surface area contributed by atoms with E-state index >= 15 is 0 Å². The quantitative estimate of drug-likeness (QED) is 0.769. The lowest BCUT2D eigenvalue weighted by Gasteiger charge is -2.02. The van der Waals surface area contributed by atoms with Crippen LogP contribution in [0.5, 0.6) is 0 Å². The molecule has 0 aliphatic heterocycles. The van der Waals surface area contributed by atoms with Crippen molar-refractivity contribution in [3.05, 3.63) is 41.3 Å². The van der Waals surface area contributed by atoms with Crippen molar-refractivity contribution in [2.24, 2.45) is 0 Å². The van der Waals surface area contributed by atoms with Crippen LogP contribution in [0.25, 0.3) is 5.69 Å². The highest BCUT2D eigenvalue weighted by Gasteiger charge is 2.13. The fourth-order valence-electron chi connectivity index (χ4n) is 1.28. The third-order valence-corrected chi connectivity index (χ3v) is 2.10. The summed E-state index contributed by atoms with van der Waals surface area (Å²) in [6, 6.07) is 3.27. The number of hydrogen-bond acceptors (Lipinski definition) is 3. The van der Waals surface area contributed by atoms with Gasteiger partial charge in [0, 0.05) is 12.1 Å². The van der Waals surface area contributed by atoms with Gasteiger partial charge in [0.2, 0.25) is 0 Å². The van der Waals surface area contributed by atoms with E-state index in [2.05, 4.69) is 5.10 Å². The van der Waals surface area contributed by atoms with E-state index in [1.165, 1.54) is 6.20 Å². The monoisotopic (exact) mass is 238 g/mol. The molecule has 0 radical (unpaired) electrons. The van der Waals surface area contributed by atoms with Gasteiger partial charge in [0.25, 0.3) is 0 Å². The molecule has 86 valence electrons. The summed E-state index contributed by atoms with van der Waals surface area (Å²) >= 11 is 0. The number of rotatable bonds is 1. The maximum absolute atomic E-state index is 13.0. The van der Waals surface area contributed by atoms with Crippen LogP contribution in [0.1, 0.15) is 5.56 Å². The first-order valence-electron chi connectivity index (χ1n) is 4.43. The summed E-state index contributed by atoms with van der Waals surface area (Å²) in [6.45, 7) is 0. The van der Waals surface area contributed by atoms with Crippen LogP contribution in [0.4, 0.5) is 19.0 Å². The van der Waals surface area contributed by atoms with E-state index in [1.54, 1.807) is 6.07 Å². The molecule has 2 N–H and O–H groups in total. The maximum atomic E-state index is 13.0. The zero-order chi connectivity index (χ0) is 12.6. The molecule has 0 spiro atoms. The molecule has 1 aromatic carbocycles. The Bertz CT molecular complexity index is 604. The molecule has 17 heavy (non-hydrogen) atoms. The third-order valence-electron chi connectivity index (χ3n) is 2.10. The maximum Gasteiger partial charge on any atom is 0.194 e. The van der Waals surface area contributed by atoms with Gasteiger partial charge in [-0.25, -0.2) is 17.9 Å². The second-order valence-electron chi connectivity index (χ2n) is 3.21. The van der Waals surface area contributed by atoms with Crippen LogP contribution in [0.3, 0.4) is 0 Å². The average molecular weight is 238 g/mol. The van der Waals surface area contributed by atoms with Crippen LogP contribution in [-0.4, -0.2) is 9.78 Å². The summed E-state index contributed by atoms with van der Waals surface area (Å²) in [5, 5.41) is 12.3. The number of hydrogen-bond donors (Lipinski definition) is 1. The van der Waals surface area contributed by atoms with Crippen LogP contribution in [-0.2, 0) is 0 Å². The minimum atomic E-state index is -1.56. The zero-order valence-corrected chi connectivity index (χ0v) is 8.28. The molecule has 0 amide bonds. The lowest BCUT2D eigenvalue weighted by Crippen LogP contribution is -2.00. The molecule has 4 nitrogen and oxygen atoms in total. The lowest BCUT2D eigenvalue weighted by molar-refractivity contribution is 0.446.